The fraction of sp³-hybridized carbons (Fsp3) is 0.381. The van der Waals surface area contributed by atoms with Crippen LogP contribution in [0, 0.1) is 0 Å². The molecule has 1 aromatic carbocycles. The molecule has 1 N–H and O–H groups in total. The molecule has 0 heterocycles. The second kappa shape index (κ2) is 10.4. The molecule has 0 atom stereocenters. The number of hydrogen-bond donors (Lipinski definition) is 1. The highest BCUT2D eigenvalue weighted by Gasteiger charge is 2.11. The summed E-state index contributed by atoms with van der Waals surface area (Å²) in [5.74, 6) is 0.301. The molecule has 4 heteroatoms. The van der Waals surface area contributed by atoms with E-state index < -0.39 is 5.97 Å². The van der Waals surface area contributed by atoms with Crippen LogP contribution < -0.4 is 9.47 Å². The number of carbonyl (C=O) groups is 1. The number of rotatable bonds is 9. The Kier molecular flexibility index (Phi) is 8.54. The topological polar surface area (TPSA) is 55.8 Å². The van der Waals surface area contributed by atoms with Crippen molar-refractivity contribution in [3.63, 3.8) is 0 Å². The number of hydrogen-bond acceptors (Lipinski definition) is 3. The van der Waals surface area contributed by atoms with Crippen LogP contribution in [0.5, 0.6) is 11.5 Å². The second-order valence-corrected chi connectivity index (χ2v) is 6.16. The molecule has 0 aliphatic carbocycles. The van der Waals surface area contributed by atoms with Gasteiger partial charge in [0.2, 0.25) is 0 Å². The van der Waals surface area contributed by atoms with Gasteiger partial charge < -0.3 is 14.6 Å². The van der Waals surface area contributed by atoms with E-state index in [4.69, 9.17) is 14.6 Å². The highest BCUT2D eigenvalue weighted by molar-refractivity contribution is 5.85. The Bertz CT molecular complexity index is 677. The smallest absolute Gasteiger partial charge is 0.328 e. The van der Waals surface area contributed by atoms with Crippen molar-refractivity contribution in [1.29, 1.82) is 0 Å². The zero-order chi connectivity index (χ0) is 18.8. The summed E-state index contributed by atoms with van der Waals surface area (Å²) in [6.45, 7) is 6.33. The van der Waals surface area contributed by atoms with Crippen LogP contribution >= 0.6 is 0 Å². The molecule has 0 spiro atoms. The van der Waals surface area contributed by atoms with E-state index in [1.165, 1.54) is 11.1 Å². The molecule has 4 nitrogen and oxygen atoms in total. The summed E-state index contributed by atoms with van der Waals surface area (Å²) < 4.78 is 10.9. The summed E-state index contributed by atoms with van der Waals surface area (Å²) in [5.41, 5.74) is 4.38. The van der Waals surface area contributed by atoms with Gasteiger partial charge in [-0.1, -0.05) is 23.3 Å². The molecule has 1 aromatic rings. The van der Waals surface area contributed by atoms with Gasteiger partial charge in [-0.05, 0) is 63.8 Å². The summed E-state index contributed by atoms with van der Waals surface area (Å²) in [6.07, 6.45) is 9.84. The summed E-state index contributed by atoms with van der Waals surface area (Å²) in [4.78, 5) is 10.7. The predicted molar refractivity (Wildman–Crippen MR) is 102 cm³/mol. The third kappa shape index (κ3) is 7.29. The summed E-state index contributed by atoms with van der Waals surface area (Å²) in [5, 5.41) is 8.81. The normalized spacial score (nSPS) is 11.5. The van der Waals surface area contributed by atoms with Gasteiger partial charge in [0, 0.05) is 11.6 Å². The highest BCUT2D eigenvalue weighted by Crippen LogP contribution is 2.34. The fourth-order valence-corrected chi connectivity index (χ4v) is 2.46. The average Bonchev–Trinajstić information content (AvgIpc) is 2.56. The van der Waals surface area contributed by atoms with Crippen molar-refractivity contribution < 1.29 is 19.4 Å². The maximum absolute atomic E-state index is 10.7. The number of carboxylic acid groups (broad SMARTS) is 1. The zero-order valence-electron chi connectivity index (χ0n) is 15.8. The van der Waals surface area contributed by atoms with Gasteiger partial charge >= 0.3 is 5.97 Å². The lowest BCUT2D eigenvalue weighted by Crippen LogP contribution is -1.97. The van der Waals surface area contributed by atoms with Crippen molar-refractivity contribution in [2.24, 2.45) is 0 Å². The first-order valence-corrected chi connectivity index (χ1v) is 8.32. The molecule has 25 heavy (non-hydrogen) atoms. The zero-order valence-corrected chi connectivity index (χ0v) is 15.8. The molecule has 0 aliphatic heterocycles. The van der Waals surface area contributed by atoms with Crippen LogP contribution in [0.1, 0.15) is 44.7 Å². The Labute approximate surface area is 150 Å². The first-order chi connectivity index (χ1) is 11.9. The van der Waals surface area contributed by atoms with E-state index in [9.17, 15) is 4.79 Å². The largest absolute Gasteiger partial charge is 0.493 e. The molecule has 1 rings (SSSR count). The minimum Gasteiger partial charge on any atom is -0.493 e. The van der Waals surface area contributed by atoms with Crippen LogP contribution in [0.25, 0.3) is 6.08 Å². The lowest BCUT2D eigenvalue weighted by atomic mass is 10.0. The molecule has 0 aliphatic rings. The molecule has 136 valence electrons. The quantitative estimate of drug-likeness (QED) is 0.504. The van der Waals surface area contributed by atoms with E-state index in [0.717, 1.165) is 30.0 Å². The molecule has 0 bridgehead atoms. The van der Waals surface area contributed by atoms with Crippen molar-refractivity contribution in [2.45, 2.75) is 40.0 Å². The average molecular weight is 344 g/mol. The van der Waals surface area contributed by atoms with Gasteiger partial charge in [-0.3, -0.25) is 0 Å². The molecule has 0 saturated heterocycles. The molecule has 0 fully saturated rings. The third-order valence-electron chi connectivity index (χ3n) is 3.76. The van der Waals surface area contributed by atoms with Crippen molar-refractivity contribution in [2.75, 3.05) is 14.2 Å². The first-order valence-electron chi connectivity index (χ1n) is 8.32. The molecular weight excluding hydrogens is 316 g/mol. The van der Waals surface area contributed by atoms with Gasteiger partial charge in [0.1, 0.15) is 0 Å². The molecule has 0 unspecified atom stereocenters. The summed E-state index contributed by atoms with van der Waals surface area (Å²) in [7, 11) is 3.19. The minimum absolute atomic E-state index is 0.598. The van der Waals surface area contributed by atoms with E-state index in [1.807, 2.05) is 6.07 Å². The van der Waals surface area contributed by atoms with E-state index >= 15 is 0 Å². The number of aliphatic carboxylic acids is 1. The number of benzene rings is 1. The minimum atomic E-state index is -0.980. The second-order valence-electron chi connectivity index (χ2n) is 6.16. The molecular formula is C21H28O4. The maximum Gasteiger partial charge on any atom is 0.328 e. The number of ether oxygens (including phenoxy) is 2. The van der Waals surface area contributed by atoms with Gasteiger partial charge in [0.15, 0.2) is 11.5 Å². The van der Waals surface area contributed by atoms with Crippen LogP contribution in [-0.4, -0.2) is 25.3 Å². The Morgan fingerprint density at radius 3 is 2.40 bits per heavy atom. The standard InChI is InChI=1S/C21H28O4/c1-15(2)7-6-8-16(3)9-11-18-13-17(10-12-20(22)23)14-19(24-4)21(18)25-5/h7,9-10,12-14H,6,8,11H2,1-5H3,(H,22,23). The van der Waals surface area contributed by atoms with Crippen LogP contribution in [0.2, 0.25) is 0 Å². The Balaban J connectivity index is 3.04. The van der Waals surface area contributed by atoms with Gasteiger partial charge in [0.25, 0.3) is 0 Å². The molecule has 0 amide bonds. The molecule has 0 saturated carbocycles. The predicted octanol–water partition coefficient (Wildman–Crippen LogP) is 5.04. The van der Waals surface area contributed by atoms with Crippen molar-refractivity contribution in [1.82, 2.24) is 0 Å². The lowest BCUT2D eigenvalue weighted by molar-refractivity contribution is -0.131. The van der Waals surface area contributed by atoms with E-state index in [0.29, 0.717) is 17.9 Å². The van der Waals surface area contributed by atoms with Crippen molar-refractivity contribution in [3.8, 4) is 11.5 Å². The maximum atomic E-state index is 10.7. The van der Waals surface area contributed by atoms with Crippen LogP contribution in [0.15, 0.2) is 41.5 Å². The summed E-state index contributed by atoms with van der Waals surface area (Å²) >= 11 is 0. The summed E-state index contributed by atoms with van der Waals surface area (Å²) in [6, 6.07) is 3.70. The fourth-order valence-electron chi connectivity index (χ4n) is 2.46. The molecule has 0 radical (unpaired) electrons. The number of allylic oxidation sites excluding steroid dienone is 4. The lowest BCUT2D eigenvalue weighted by Gasteiger charge is -2.13. The third-order valence-corrected chi connectivity index (χ3v) is 3.76. The van der Waals surface area contributed by atoms with Gasteiger partial charge in [-0.2, -0.15) is 0 Å². The number of carboxylic acids is 1. The SMILES string of the molecule is COc1cc(C=CC(=O)O)cc(CC=C(C)CCC=C(C)C)c1OC. The van der Waals surface area contributed by atoms with Crippen molar-refractivity contribution >= 4 is 12.0 Å². The van der Waals surface area contributed by atoms with Crippen LogP contribution in [0.3, 0.4) is 0 Å². The number of methoxy groups -OCH3 is 2. The van der Waals surface area contributed by atoms with Gasteiger partial charge in [-0.15, -0.1) is 0 Å². The Morgan fingerprint density at radius 1 is 1.12 bits per heavy atom. The Hall–Kier alpha value is -2.49. The van der Waals surface area contributed by atoms with E-state index in [1.54, 1.807) is 26.4 Å². The molecule has 0 aromatic heterocycles. The van der Waals surface area contributed by atoms with Gasteiger partial charge in [0.05, 0.1) is 14.2 Å². The first kappa shape index (κ1) is 20.6. The van der Waals surface area contributed by atoms with E-state index in [-0.39, 0.29) is 0 Å². The Morgan fingerprint density at radius 2 is 1.84 bits per heavy atom. The van der Waals surface area contributed by atoms with Crippen molar-refractivity contribution in [3.05, 3.63) is 52.6 Å². The van der Waals surface area contributed by atoms with E-state index in [2.05, 4.69) is 32.9 Å². The van der Waals surface area contributed by atoms with Crippen LogP contribution in [0.4, 0.5) is 0 Å². The van der Waals surface area contributed by atoms with Gasteiger partial charge in [-0.25, -0.2) is 4.79 Å². The highest BCUT2D eigenvalue weighted by atomic mass is 16.5. The monoisotopic (exact) mass is 344 g/mol. The van der Waals surface area contributed by atoms with Crippen LogP contribution in [-0.2, 0) is 11.2 Å².